The van der Waals surface area contributed by atoms with Crippen molar-refractivity contribution in [2.45, 2.75) is 53.5 Å². The number of nitrogens with zero attached hydrogens (tertiary/aromatic N) is 2. The van der Waals surface area contributed by atoms with Gasteiger partial charge in [-0.2, -0.15) is 5.10 Å². The fraction of sp³-hybridized carbons (Fsp3) is 0.769. The van der Waals surface area contributed by atoms with Gasteiger partial charge in [-0.3, -0.25) is 4.68 Å². The van der Waals surface area contributed by atoms with Crippen LogP contribution in [0.2, 0.25) is 5.02 Å². The molecule has 0 saturated heterocycles. The van der Waals surface area contributed by atoms with Gasteiger partial charge in [0.15, 0.2) is 0 Å². The summed E-state index contributed by atoms with van der Waals surface area (Å²) < 4.78 is 2.04. The highest BCUT2D eigenvalue weighted by molar-refractivity contribution is 9.09. The first-order valence-electron chi connectivity index (χ1n) is 6.25. The van der Waals surface area contributed by atoms with Crippen LogP contribution in [0.15, 0.2) is 0 Å². The van der Waals surface area contributed by atoms with Crippen LogP contribution in [0.4, 0.5) is 0 Å². The van der Waals surface area contributed by atoms with E-state index in [2.05, 4.69) is 41.8 Å². The lowest BCUT2D eigenvalue weighted by atomic mass is 9.83. The highest BCUT2D eigenvalue weighted by Gasteiger charge is 2.26. The molecular formula is C13H22BrClN2. The molecule has 0 bridgehead atoms. The molecule has 1 heterocycles. The minimum Gasteiger partial charge on any atom is -0.268 e. The SMILES string of the molecule is CCCC(C)(CBr)Cc1c(Cl)c(C)nn1CC. The molecule has 0 spiro atoms. The normalized spacial score (nSPS) is 14.9. The Bertz CT molecular complexity index is 376. The summed E-state index contributed by atoms with van der Waals surface area (Å²) in [5, 5.41) is 6.32. The summed E-state index contributed by atoms with van der Waals surface area (Å²) in [5.41, 5.74) is 2.39. The van der Waals surface area contributed by atoms with E-state index < -0.39 is 0 Å². The summed E-state index contributed by atoms with van der Waals surface area (Å²) in [7, 11) is 0. The van der Waals surface area contributed by atoms with Crippen LogP contribution in [0, 0.1) is 12.3 Å². The van der Waals surface area contributed by atoms with Crippen LogP contribution in [0.3, 0.4) is 0 Å². The van der Waals surface area contributed by atoms with Crippen LogP contribution in [-0.2, 0) is 13.0 Å². The van der Waals surface area contributed by atoms with Crippen molar-refractivity contribution in [3.05, 3.63) is 16.4 Å². The molecular weight excluding hydrogens is 300 g/mol. The van der Waals surface area contributed by atoms with Crippen molar-refractivity contribution in [3.8, 4) is 0 Å². The van der Waals surface area contributed by atoms with Gasteiger partial charge in [0.05, 0.1) is 16.4 Å². The summed E-state index contributed by atoms with van der Waals surface area (Å²) in [6.07, 6.45) is 3.38. The molecule has 0 aliphatic heterocycles. The highest BCUT2D eigenvalue weighted by atomic mass is 79.9. The maximum absolute atomic E-state index is 6.36. The topological polar surface area (TPSA) is 17.8 Å². The summed E-state index contributed by atoms with van der Waals surface area (Å²) >= 11 is 9.99. The Morgan fingerprint density at radius 1 is 1.41 bits per heavy atom. The summed E-state index contributed by atoms with van der Waals surface area (Å²) in [6, 6.07) is 0. The van der Waals surface area contributed by atoms with Gasteiger partial charge < -0.3 is 0 Å². The third-order valence-electron chi connectivity index (χ3n) is 3.22. The number of hydrogen-bond donors (Lipinski definition) is 0. The number of hydrogen-bond acceptors (Lipinski definition) is 1. The Morgan fingerprint density at radius 3 is 2.53 bits per heavy atom. The molecule has 98 valence electrons. The minimum atomic E-state index is 0.262. The molecule has 0 amide bonds. The Labute approximate surface area is 118 Å². The maximum atomic E-state index is 6.36. The number of aryl methyl sites for hydroxylation is 2. The Morgan fingerprint density at radius 2 is 2.06 bits per heavy atom. The van der Waals surface area contributed by atoms with Crippen LogP contribution in [0.1, 0.15) is 45.0 Å². The number of alkyl halides is 1. The van der Waals surface area contributed by atoms with E-state index in [9.17, 15) is 0 Å². The van der Waals surface area contributed by atoms with Gasteiger partial charge >= 0.3 is 0 Å². The minimum absolute atomic E-state index is 0.262. The van der Waals surface area contributed by atoms with Gasteiger partial charge in [0, 0.05) is 11.9 Å². The van der Waals surface area contributed by atoms with Gasteiger partial charge in [0.2, 0.25) is 0 Å². The second kappa shape index (κ2) is 6.24. The molecule has 0 radical (unpaired) electrons. The monoisotopic (exact) mass is 320 g/mol. The molecule has 1 unspecified atom stereocenters. The Hall–Kier alpha value is -0.0200. The van der Waals surface area contributed by atoms with E-state index >= 15 is 0 Å². The standard InChI is InChI=1S/C13H22BrClN2/c1-5-7-13(4,9-14)8-11-12(15)10(3)16-17(11)6-2/h5-9H2,1-4H3. The van der Waals surface area contributed by atoms with Crippen LogP contribution in [0.5, 0.6) is 0 Å². The molecule has 0 N–H and O–H groups in total. The maximum Gasteiger partial charge on any atom is 0.0847 e. The van der Waals surface area contributed by atoms with E-state index in [1.165, 1.54) is 18.5 Å². The van der Waals surface area contributed by atoms with Gasteiger partial charge in [-0.05, 0) is 32.1 Å². The van der Waals surface area contributed by atoms with Crippen molar-refractivity contribution in [3.63, 3.8) is 0 Å². The van der Waals surface area contributed by atoms with Gasteiger partial charge in [-0.1, -0.05) is 47.8 Å². The van der Waals surface area contributed by atoms with Crippen molar-refractivity contribution < 1.29 is 0 Å². The first-order valence-corrected chi connectivity index (χ1v) is 7.75. The zero-order valence-electron chi connectivity index (χ0n) is 11.2. The van der Waals surface area contributed by atoms with Gasteiger partial charge in [-0.25, -0.2) is 0 Å². The quantitative estimate of drug-likeness (QED) is 0.700. The van der Waals surface area contributed by atoms with E-state index in [4.69, 9.17) is 11.6 Å². The van der Waals surface area contributed by atoms with E-state index in [0.29, 0.717) is 0 Å². The third-order valence-corrected chi connectivity index (χ3v) is 5.07. The molecule has 17 heavy (non-hydrogen) atoms. The van der Waals surface area contributed by atoms with Crippen LogP contribution in [-0.4, -0.2) is 15.1 Å². The van der Waals surface area contributed by atoms with E-state index in [0.717, 1.165) is 29.0 Å². The Kier molecular flexibility index (Phi) is 5.52. The second-order valence-corrected chi connectivity index (χ2v) is 5.97. The molecule has 1 aromatic heterocycles. The zero-order chi connectivity index (χ0) is 13.1. The van der Waals surface area contributed by atoms with Gasteiger partial charge in [0.25, 0.3) is 0 Å². The summed E-state index contributed by atoms with van der Waals surface area (Å²) in [4.78, 5) is 0. The van der Waals surface area contributed by atoms with Crippen molar-refractivity contribution in [1.29, 1.82) is 0 Å². The molecule has 1 rings (SSSR count). The largest absolute Gasteiger partial charge is 0.268 e. The number of rotatable bonds is 6. The van der Waals surface area contributed by atoms with Crippen LogP contribution >= 0.6 is 27.5 Å². The summed E-state index contributed by atoms with van der Waals surface area (Å²) in [6.45, 7) is 9.50. The molecule has 0 aromatic carbocycles. The third kappa shape index (κ3) is 3.47. The number of aromatic nitrogens is 2. The lowest BCUT2D eigenvalue weighted by Crippen LogP contribution is -2.23. The molecule has 2 nitrogen and oxygen atoms in total. The van der Waals surface area contributed by atoms with Crippen molar-refractivity contribution >= 4 is 27.5 Å². The van der Waals surface area contributed by atoms with E-state index in [1.54, 1.807) is 0 Å². The smallest absolute Gasteiger partial charge is 0.0847 e. The van der Waals surface area contributed by atoms with Crippen molar-refractivity contribution in [2.24, 2.45) is 5.41 Å². The fourth-order valence-electron chi connectivity index (χ4n) is 2.25. The van der Waals surface area contributed by atoms with Gasteiger partial charge in [0.1, 0.15) is 0 Å². The average molecular weight is 322 g/mol. The van der Waals surface area contributed by atoms with Crippen molar-refractivity contribution in [1.82, 2.24) is 9.78 Å². The lowest BCUT2D eigenvalue weighted by Gasteiger charge is -2.27. The molecule has 1 aromatic rings. The molecule has 0 aliphatic rings. The first-order chi connectivity index (χ1) is 7.97. The van der Waals surface area contributed by atoms with Crippen LogP contribution < -0.4 is 0 Å². The second-order valence-electron chi connectivity index (χ2n) is 5.03. The molecule has 0 saturated carbocycles. The predicted molar refractivity (Wildman–Crippen MR) is 78.2 cm³/mol. The van der Waals surface area contributed by atoms with E-state index in [-0.39, 0.29) is 5.41 Å². The Balaban J connectivity index is 3.00. The molecule has 0 aliphatic carbocycles. The molecule has 0 fully saturated rings. The fourth-order valence-corrected chi connectivity index (χ4v) is 2.93. The van der Waals surface area contributed by atoms with Crippen LogP contribution in [0.25, 0.3) is 0 Å². The zero-order valence-corrected chi connectivity index (χ0v) is 13.5. The van der Waals surface area contributed by atoms with E-state index in [1.807, 2.05) is 11.6 Å². The molecule has 1 atom stereocenters. The van der Waals surface area contributed by atoms with Gasteiger partial charge in [-0.15, -0.1) is 0 Å². The molecule has 4 heteroatoms. The van der Waals surface area contributed by atoms with Crippen molar-refractivity contribution in [2.75, 3.05) is 5.33 Å². The lowest BCUT2D eigenvalue weighted by molar-refractivity contribution is 0.330. The predicted octanol–water partition coefficient (Wildman–Crippen LogP) is 4.61. The highest BCUT2D eigenvalue weighted by Crippen LogP contribution is 2.33. The first kappa shape index (κ1) is 15.0. The summed E-state index contributed by atoms with van der Waals surface area (Å²) in [5.74, 6) is 0. The average Bonchev–Trinajstić information content (AvgIpc) is 2.57. The number of halogens is 2.